The minimum Gasteiger partial charge on any atom is -0.394 e. The van der Waals surface area contributed by atoms with E-state index in [-0.39, 0.29) is 11.5 Å². The molecule has 0 radical (unpaired) electrons. The van der Waals surface area contributed by atoms with Gasteiger partial charge in [-0.15, -0.1) is 0 Å². The van der Waals surface area contributed by atoms with E-state index in [1.807, 2.05) is 73.7 Å². The molecule has 0 spiro atoms. The van der Waals surface area contributed by atoms with Crippen LogP contribution in [0.3, 0.4) is 0 Å². The van der Waals surface area contributed by atoms with Crippen molar-refractivity contribution in [1.29, 1.82) is 0 Å². The van der Waals surface area contributed by atoms with Crippen molar-refractivity contribution in [3.05, 3.63) is 119 Å². The molecule has 2 aliphatic heterocycles. The molecule has 0 aliphatic carbocycles. The number of phosphoric ester groups is 1. The summed E-state index contributed by atoms with van der Waals surface area (Å²) in [6.45, 7) is 2.00. The molecule has 2 heterocycles. The molecule has 0 amide bonds. The number of aryl methyl sites for hydroxylation is 1. The van der Waals surface area contributed by atoms with Crippen LogP contribution in [0.5, 0.6) is 0 Å². The first-order chi connectivity index (χ1) is 17.8. The molecule has 4 nitrogen and oxygen atoms in total. The van der Waals surface area contributed by atoms with E-state index in [2.05, 4.69) is 0 Å². The Balaban J connectivity index is 1.40. The van der Waals surface area contributed by atoms with Gasteiger partial charge < -0.3 is 9.05 Å². The molecule has 184 valence electrons. The van der Waals surface area contributed by atoms with Gasteiger partial charge in [0.1, 0.15) is 17.3 Å². The van der Waals surface area contributed by atoms with Gasteiger partial charge in [-0.25, -0.2) is 8.96 Å². The molecule has 8 heteroatoms. The van der Waals surface area contributed by atoms with Crippen LogP contribution in [0.25, 0.3) is 23.7 Å². The molecule has 0 bridgehead atoms. The van der Waals surface area contributed by atoms with E-state index in [0.717, 1.165) is 31.4 Å². The smallest absolute Gasteiger partial charge is 0.394 e. The number of fused-ring (bicyclic) bond motifs is 4. The third-order valence-corrected chi connectivity index (χ3v) is 9.04. The molecule has 2 aliphatic rings. The molecule has 0 aromatic heterocycles. The van der Waals surface area contributed by atoms with Crippen LogP contribution in [0.1, 0.15) is 27.8 Å². The fourth-order valence-electron chi connectivity index (χ4n) is 4.18. The highest BCUT2D eigenvalue weighted by Crippen LogP contribution is 2.55. The monoisotopic (exact) mass is 546 g/mol. The Hall–Kier alpha value is -3.22. The Kier molecular flexibility index (Phi) is 6.25. The van der Waals surface area contributed by atoms with Crippen LogP contribution in [-0.2, 0) is 13.6 Å². The van der Waals surface area contributed by atoms with Gasteiger partial charge in [-0.2, -0.15) is 0 Å². The second-order valence-corrected chi connectivity index (χ2v) is 12.1. The topological polar surface area (TPSA) is 55.8 Å². The Bertz CT molecular complexity index is 1540. The van der Waals surface area contributed by atoms with Crippen molar-refractivity contribution in [3.8, 4) is 0 Å². The summed E-state index contributed by atoms with van der Waals surface area (Å²) in [6, 6.07) is 25.4. The van der Waals surface area contributed by atoms with Crippen LogP contribution in [0.15, 0.2) is 105 Å². The predicted octanol–water partition coefficient (Wildman–Crippen LogP) is 8.89. The molecule has 0 saturated carbocycles. The van der Waals surface area contributed by atoms with Gasteiger partial charge in [0.05, 0.1) is 0 Å². The first kappa shape index (κ1) is 24.1. The van der Waals surface area contributed by atoms with E-state index in [1.165, 1.54) is 23.9 Å². The van der Waals surface area contributed by atoms with E-state index in [0.29, 0.717) is 16.0 Å². The van der Waals surface area contributed by atoms with Gasteiger partial charge in [-0.1, -0.05) is 66.0 Å². The summed E-state index contributed by atoms with van der Waals surface area (Å²) >= 11 is 2.95. The van der Waals surface area contributed by atoms with E-state index in [4.69, 9.17) is 9.05 Å². The normalized spacial score (nSPS) is 15.3. The Labute approximate surface area is 222 Å². The minimum absolute atomic E-state index is 0.131. The van der Waals surface area contributed by atoms with Crippen LogP contribution in [-0.4, -0.2) is 4.89 Å². The van der Waals surface area contributed by atoms with Gasteiger partial charge >= 0.3 is 7.82 Å². The highest BCUT2D eigenvalue weighted by molar-refractivity contribution is 7.99. The number of halogens is 1. The van der Waals surface area contributed by atoms with E-state index in [1.54, 1.807) is 30.0 Å². The average molecular weight is 547 g/mol. The number of hydrogen-bond donors (Lipinski definition) is 1. The third-order valence-electron chi connectivity index (χ3n) is 5.89. The maximum Gasteiger partial charge on any atom is 0.584 e. The fourth-order valence-corrected chi connectivity index (χ4v) is 7.25. The van der Waals surface area contributed by atoms with Crippen LogP contribution < -0.4 is 0 Å². The van der Waals surface area contributed by atoms with Crippen LogP contribution >= 0.6 is 31.3 Å². The number of rotatable bonds is 4. The average Bonchev–Trinajstić information content (AvgIpc) is 3.09. The van der Waals surface area contributed by atoms with Gasteiger partial charge in [0.25, 0.3) is 0 Å². The quantitative estimate of drug-likeness (QED) is 0.258. The molecule has 6 rings (SSSR count). The standard InChI is InChI=1S/C29H20FO4PS2/c1-18-10-12-22-24(15-19-6-2-4-8-26(19)36-28(22)14-18)33-35(31,32)34-25-16-20-7-3-5-9-27(20)37-29-17-21(30)11-13-23(25)29/h2-17H,1H3,(H,31,32). The van der Waals surface area contributed by atoms with Gasteiger partial charge in [0.15, 0.2) is 0 Å². The number of benzene rings is 4. The van der Waals surface area contributed by atoms with Crippen LogP contribution in [0.4, 0.5) is 4.39 Å². The maximum absolute atomic E-state index is 14.1. The number of hydrogen-bond acceptors (Lipinski definition) is 5. The summed E-state index contributed by atoms with van der Waals surface area (Å²) < 4.78 is 39.1. The molecule has 1 N–H and O–H groups in total. The lowest BCUT2D eigenvalue weighted by molar-refractivity contribution is 0.264. The van der Waals surface area contributed by atoms with Crippen molar-refractivity contribution in [1.82, 2.24) is 0 Å². The lowest BCUT2D eigenvalue weighted by Crippen LogP contribution is -1.98. The molecular weight excluding hydrogens is 526 g/mol. The van der Waals surface area contributed by atoms with E-state index < -0.39 is 13.6 Å². The largest absolute Gasteiger partial charge is 0.584 e. The molecule has 0 fully saturated rings. The molecule has 0 saturated heterocycles. The van der Waals surface area contributed by atoms with Crippen molar-refractivity contribution in [2.45, 2.75) is 26.5 Å². The van der Waals surface area contributed by atoms with Crippen LogP contribution in [0, 0.1) is 12.7 Å². The molecule has 37 heavy (non-hydrogen) atoms. The predicted molar refractivity (Wildman–Crippen MR) is 146 cm³/mol. The SMILES string of the molecule is Cc1ccc2c(c1)Sc1ccccc1C=C2OP(=O)(O)OC1=Cc2ccccc2Sc2cc(F)ccc21. The molecule has 1 unspecified atom stereocenters. The van der Waals surface area contributed by atoms with Gasteiger partial charge in [-0.3, -0.25) is 4.89 Å². The van der Waals surface area contributed by atoms with Crippen LogP contribution in [0.2, 0.25) is 0 Å². The van der Waals surface area contributed by atoms with Gasteiger partial charge in [-0.05, 0) is 78.2 Å². The molecule has 4 aromatic rings. The second kappa shape index (κ2) is 9.58. The summed E-state index contributed by atoms with van der Waals surface area (Å²) in [4.78, 5) is 14.4. The maximum atomic E-state index is 14.1. The summed E-state index contributed by atoms with van der Waals surface area (Å²) in [6.07, 6.45) is 3.44. The summed E-state index contributed by atoms with van der Waals surface area (Å²) in [5.41, 5.74) is 3.93. The van der Waals surface area contributed by atoms with Gasteiger partial charge in [0.2, 0.25) is 0 Å². The van der Waals surface area contributed by atoms with Crippen molar-refractivity contribution in [3.63, 3.8) is 0 Å². The Morgan fingerprint density at radius 2 is 1.22 bits per heavy atom. The number of phosphoric acid groups is 1. The summed E-state index contributed by atoms with van der Waals surface area (Å²) in [5, 5.41) is 0. The first-order valence-electron chi connectivity index (χ1n) is 11.4. The summed E-state index contributed by atoms with van der Waals surface area (Å²) in [5.74, 6) is -0.0342. The molecule has 4 aromatic carbocycles. The third kappa shape index (κ3) is 5.00. The zero-order valence-corrected chi connectivity index (χ0v) is 22.1. The zero-order chi connectivity index (χ0) is 25.6. The Morgan fingerprint density at radius 3 is 1.81 bits per heavy atom. The first-order valence-corrected chi connectivity index (χ1v) is 14.6. The second-order valence-electron chi connectivity index (χ2n) is 8.59. The highest BCUT2D eigenvalue weighted by Gasteiger charge is 2.32. The van der Waals surface area contributed by atoms with Crippen molar-refractivity contribution >= 4 is 55.0 Å². The van der Waals surface area contributed by atoms with Gasteiger partial charge in [0, 0.05) is 30.7 Å². The highest BCUT2D eigenvalue weighted by atomic mass is 32.2. The zero-order valence-electron chi connectivity index (χ0n) is 19.6. The van der Waals surface area contributed by atoms with E-state index >= 15 is 0 Å². The minimum atomic E-state index is -4.68. The lowest BCUT2D eigenvalue weighted by atomic mass is 10.1. The van der Waals surface area contributed by atoms with E-state index in [9.17, 15) is 13.8 Å². The molecular formula is C29H20FO4PS2. The summed E-state index contributed by atoms with van der Waals surface area (Å²) in [7, 11) is -4.68. The van der Waals surface area contributed by atoms with Crippen molar-refractivity contribution < 1.29 is 22.9 Å². The van der Waals surface area contributed by atoms with Crippen molar-refractivity contribution in [2.75, 3.05) is 0 Å². The Morgan fingerprint density at radius 1 is 0.703 bits per heavy atom. The lowest BCUT2D eigenvalue weighted by Gasteiger charge is -2.19. The molecule has 1 atom stereocenters. The fraction of sp³-hybridized carbons (Fsp3) is 0.0345. The van der Waals surface area contributed by atoms with Crippen molar-refractivity contribution in [2.24, 2.45) is 0 Å².